The molecule has 0 amide bonds. The predicted molar refractivity (Wildman–Crippen MR) is 74.9 cm³/mol. The Bertz CT molecular complexity index is 673. The molecule has 1 aliphatic heterocycles. The fourth-order valence-corrected chi connectivity index (χ4v) is 3.20. The third kappa shape index (κ3) is 2.33. The molecule has 1 atom stereocenters. The monoisotopic (exact) mass is 301 g/mol. The molecule has 0 N–H and O–H groups in total. The Kier molecular flexibility index (Phi) is 2.82. The Labute approximate surface area is 128 Å². The fourth-order valence-electron chi connectivity index (χ4n) is 3.20. The van der Waals surface area contributed by atoms with Gasteiger partial charge in [0.05, 0.1) is 12.6 Å². The third-order valence-electron chi connectivity index (χ3n) is 4.81. The largest absolute Gasteiger partial charge is 0.339 e. The molecule has 116 valence electrons. The second kappa shape index (κ2) is 4.87. The van der Waals surface area contributed by atoms with Crippen LogP contribution in [0.3, 0.4) is 0 Å². The van der Waals surface area contributed by atoms with Gasteiger partial charge in [0, 0.05) is 11.8 Å². The van der Waals surface area contributed by atoms with Crippen LogP contribution in [-0.4, -0.2) is 31.7 Å². The van der Waals surface area contributed by atoms with Gasteiger partial charge in [-0.1, -0.05) is 10.3 Å². The molecule has 2 saturated carbocycles. The van der Waals surface area contributed by atoms with Crippen LogP contribution in [0.2, 0.25) is 0 Å². The van der Waals surface area contributed by atoms with Crippen molar-refractivity contribution >= 4 is 0 Å². The standard InChI is InChI=1S/C15H19N5O2/c1-2-11(14-17-15(22-19-14)10-5-6-10)20(7-1)8-12-16-13(18-21-12)9-3-4-9/h9-11H,1-8H2/t11-/m0/s1. The predicted octanol–water partition coefficient (Wildman–Crippen LogP) is 2.54. The number of aromatic nitrogens is 4. The van der Waals surface area contributed by atoms with Crippen molar-refractivity contribution in [1.82, 2.24) is 25.2 Å². The first kappa shape index (κ1) is 12.8. The van der Waals surface area contributed by atoms with Gasteiger partial charge in [0.2, 0.25) is 11.8 Å². The van der Waals surface area contributed by atoms with E-state index in [0.29, 0.717) is 24.3 Å². The van der Waals surface area contributed by atoms with Gasteiger partial charge in [-0.3, -0.25) is 4.90 Å². The molecule has 2 aromatic heterocycles. The topological polar surface area (TPSA) is 81.1 Å². The van der Waals surface area contributed by atoms with Crippen LogP contribution in [0, 0.1) is 0 Å². The van der Waals surface area contributed by atoms with Gasteiger partial charge >= 0.3 is 0 Å². The normalized spacial score (nSPS) is 25.9. The van der Waals surface area contributed by atoms with Crippen LogP contribution in [0.4, 0.5) is 0 Å². The number of nitrogens with zero attached hydrogens (tertiary/aromatic N) is 5. The second-order valence-corrected chi connectivity index (χ2v) is 6.71. The van der Waals surface area contributed by atoms with E-state index in [1.165, 1.54) is 25.7 Å². The molecule has 7 nitrogen and oxygen atoms in total. The smallest absolute Gasteiger partial charge is 0.240 e. The molecule has 1 saturated heterocycles. The zero-order chi connectivity index (χ0) is 14.5. The molecular weight excluding hydrogens is 282 g/mol. The Hall–Kier alpha value is -1.76. The Morgan fingerprint density at radius 2 is 1.73 bits per heavy atom. The van der Waals surface area contributed by atoms with E-state index >= 15 is 0 Å². The summed E-state index contributed by atoms with van der Waals surface area (Å²) in [6.45, 7) is 1.69. The molecule has 0 unspecified atom stereocenters. The first-order valence-corrected chi connectivity index (χ1v) is 8.27. The van der Waals surface area contributed by atoms with E-state index in [1.54, 1.807) is 0 Å². The summed E-state index contributed by atoms with van der Waals surface area (Å²) in [5.74, 6) is 4.26. The van der Waals surface area contributed by atoms with E-state index < -0.39 is 0 Å². The van der Waals surface area contributed by atoms with E-state index in [0.717, 1.165) is 36.9 Å². The SMILES string of the molecule is C1C[C@@H](c2noc(C3CC3)n2)N(Cc2nc(C3CC3)no2)C1. The van der Waals surface area contributed by atoms with Crippen molar-refractivity contribution in [3.8, 4) is 0 Å². The lowest BCUT2D eigenvalue weighted by Gasteiger charge is -2.19. The van der Waals surface area contributed by atoms with Crippen molar-refractivity contribution in [3.63, 3.8) is 0 Å². The van der Waals surface area contributed by atoms with Crippen LogP contribution >= 0.6 is 0 Å². The zero-order valence-electron chi connectivity index (χ0n) is 12.4. The van der Waals surface area contributed by atoms with Crippen LogP contribution < -0.4 is 0 Å². The molecule has 7 heteroatoms. The summed E-state index contributed by atoms with van der Waals surface area (Å²) in [6, 6.07) is 0.215. The summed E-state index contributed by atoms with van der Waals surface area (Å²) in [5.41, 5.74) is 0. The lowest BCUT2D eigenvalue weighted by Crippen LogP contribution is -2.23. The molecular formula is C15H19N5O2. The van der Waals surface area contributed by atoms with Crippen LogP contribution in [0.15, 0.2) is 9.05 Å². The molecule has 0 spiro atoms. The molecule has 5 rings (SSSR count). The van der Waals surface area contributed by atoms with E-state index in [-0.39, 0.29) is 6.04 Å². The first-order chi connectivity index (χ1) is 10.9. The summed E-state index contributed by atoms with van der Waals surface area (Å²) in [6.07, 6.45) is 6.95. The molecule has 0 bridgehead atoms. The highest BCUT2D eigenvalue weighted by Gasteiger charge is 2.35. The summed E-state index contributed by atoms with van der Waals surface area (Å²) < 4.78 is 10.8. The van der Waals surface area contributed by atoms with Gasteiger partial charge in [-0.15, -0.1) is 0 Å². The van der Waals surface area contributed by atoms with Crippen LogP contribution in [0.1, 0.15) is 79.8 Å². The van der Waals surface area contributed by atoms with E-state index in [4.69, 9.17) is 9.05 Å². The summed E-state index contributed by atoms with van der Waals surface area (Å²) >= 11 is 0. The maximum absolute atomic E-state index is 5.40. The summed E-state index contributed by atoms with van der Waals surface area (Å²) in [7, 11) is 0. The number of hydrogen-bond acceptors (Lipinski definition) is 7. The first-order valence-electron chi connectivity index (χ1n) is 8.27. The average Bonchev–Trinajstić information content (AvgIpc) is 3.42. The molecule has 0 radical (unpaired) electrons. The van der Waals surface area contributed by atoms with Gasteiger partial charge in [-0.25, -0.2) is 0 Å². The Morgan fingerprint density at radius 1 is 0.909 bits per heavy atom. The van der Waals surface area contributed by atoms with Gasteiger partial charge in [0.15, 0.2) is 11.6 Å². The highest BCUT2D eigenvalue weighted by molar-refractivity contribution is 5.06. The summed E-state index contributed by atoms with van der Waals surface area (Å²) in [5, 5.41) is 8.29. The summed E-state index contributed by atoms with van der Waals surface area (Å²) in [4.78, 5) is 11.5. The Morgan fingerprint density at radius 3 is 2.55 bits per heavy atom. The Balaban J connectivity index is 1.31. The van der Waals surface area contributed by atoms with Gasteiger partial charge < -0.3 is 9.05 Å². The van der Waals surface area contributed by atoms with Crippen molar-refractivity contribution in [1.29, 1.82) is 0 Å². The van der Waals surface area contributed by atoms with E-state index in [1.807, 2.05) is 0 Å². The molecule has 22 heavy (non-hydrogen) atoms. The minimum atomic E-state index is 0.215. The van der Waals surface area contributed by atoms with Crippen LogP contribution in [0.25, 0.3) is 0 Å². The van der Waals surface area contributed by atoms with Crippen molar-refractivity contribution in [2.24, 2.45) is 0 Å². The molecule has 2 aromatic rings. The lowest BCUT2D eigenvalue weighted by molar-refractivity contribution is 0.202. The van der Waals surface area contributed by atoms with Crippen molar-refractivity contribution < 1.29 is 9.05 Å². The number of likely N-dealkylation sites (tertiary alicyclic amines) is 1. The minimum Gasteiger partial charge on any atom is -0.339 e. The van der Waals surface area contributed by atoms with Crippen LogP contribution in [0.5, 0.6) is 0 Å². The third-order valence-corrected chi connectivity index (χ3v) is 4.81. The average molecular weight is 301 g/mol. The van der Waals surface area contributed by atoms with Gasteiger partial charge in [-0.05, 0) is 45.1 Å². The van der Waals surface area contributed by atoms with Gasteiger partial charge in [-0.2, -0.15) is 9.97 Å². The van der Waals surface area contributed by atoms with Gasteiger partial charge in [0.1, 0.15) is 0 Å². The van der Waals surface area contributed by atoms with E-state index in [2.05, 4.69) is 25.2 Å². The lowest BCUT2D eigenvalue weighted by atomic mass is 10.2. The molecule has 3 aliphatic rings. The number of rotatable bonds is 5. The van der Waals surface area contributed by atoms with Crippen molar-refractivity contribution in [2.75, 3.05) is 6.54 Å². The zero-order valence-corrected chi connectivity index (χ0v) is 12.4. The fraction of sp³-hybridized carbons (Fsp3) is 0.733. The van der Waals surface area contributed by atoms with Crippen LogP contribution in [-0.2, 0) is 6.54 Å². The van der Waals surface area contributed by atoms with Crippen molar-refractivity contribution in [3.05, 3.63) is 23.4 Å². The highest BCUT2D eigenvalue weighted by Crippen LogP contribution is 2.41. The quantitative estimate of drug-likeness (QED) is 0.839. The van der Waals surface area contributed by atoms with Gasteiger partial charge in [0.25, 0.3) is 0 Å². The molecule has 3 fully saturated rings. The maximum Gasteiger partial charge on any atom is 0.240 e. The molecule has 3 heterocycles. The number of hydrogen-bond donors (Lipinski definition) is 0. The second-order valence-electron chi connectivity index (χ2n) is 6.71. The molecule has 0 aromatic carbocycles. The maximum atomic E-state index is 5.40. The van der Waals surface area contributed by atoms with Crippen molar-refractivity contribution in [2.45, 2.75) is 62.9 Å². The molecule has 2 aliphatic carbocycles. The minimum absolute atomic E-state index is 0.215. The van der Waals surface area contributed by atoms with E-state index in [9.17, 15) is 0 Å². The highest BCUT2D eigenvalue weighted by atomic mass is 16.5.